The van der Waals surface area contributed by atoms with Crippen molar-refractivity contribution in [2.45, 2.75) is 12.8 Å². The number of rotatable bonds is 1. The molecule has 2 rings (SSSR count). The van der Waals surface area contributed by atoms with Crippen LogP contribution in [0.15, 0.2) is 28.7 Å². The molecule has 0 saturated carbocycles. The molecule has 0 atom stereocenters. The predicted molar refractivity (Wildman–Crippen MR) is 70.1 cm³/mol. The van der Waals surface area contributed by atoms with Crippen molar-refractivity contribution in [1.29, 1.82) is 5.26 Å². The SMILES string of the molecule is N#CC1CCN(C(=O)Oc2cccc(Br)c2)CC1. The third-order valence-corrected chi connectivity index (χ3v) is 3.43. The first-order valence-corrected chi connectivity index (χ1v) is 6.60. The third-order valence-electron chi connectivity index (χ3n) is 2.94. The van der Waals surface area contributed by atoms with Crippen LogP contribution < -0.4 is 4.74 Å². The van der Waals surface area contributed by atoms with Gasteiger partial charge in [0.25, 0.3) is 0 Å². The summed E-state index contributed by atoms with van der Waals surface area (Å²) < 4.78 is 6.15. The lowest BCUT2D eigenvalue weighted by atomic mass is 9.99. The van der Waals surface area contributed by atoms with Gasteiger partial charge in [0.05, 0.1) is 6.07 Å². The Labute approximate surface area is 114 Å². The quantitative estimate of drug-likeness (QED) is 0.800. The van der Waals surface area contributed by atoms with E-state index >= 15 is 0 Å². The van der Waals surface area contributed by atoms with Crippen LogP contribution in [0.5, 0.6) is 5.75 Å². The molecule has 0 unspecified atom stereocenters. The van der Waals surface area contributed by atoms with Crippen LogP contribution in [0.25, 0.3) is 0 Å². The van der Waals surface area contributed by atoms with Gasteiger partial charge in [-0.1, -0.05) is 22.0 Å². The fourth-order valence-electron chi connectivity index (χ4n) is 1.89. The number of carbonyl (C=O) groups is 1. The number of benzene rings is 1. The molecular weight excluding hydrogens is 296 g/mol. The molecule has 1 saturated heterocycles. The van der Waals surface area contributed by atoms with Crippen LogP contribution in [0.4, 0.5) is 4.79 Å². The van der Waals surface area contributed by atoms with E-state index in [0.717, 1.165) is 17.3 Å². The van der Waals surface area contributed by atoms with Gasteiger partial charge < -0.3 is 9.64 Å². The molecule has 0 radical (unpaired) electrons. The minimum Gasteiger partial charge on any atom is -0.410 e. The van der Waals surface area contributed by atoms with E-state index in [2.05, 4.69) is 22.0 Å². The molecule has 0 aliphatic carbocycles. The number of carbonyl (C=O) groups excluding carboxylic acids is 1. The van der Waals surface area contributed by atoms with E-state index < -0.39 is 0 Å². The maximum Gasteiger partial charge on any atom is 0.415 e. The van der Waals surface area contributed by atoms with Crippen molar-refractivity contribution in [2.24, 2.45) is 5.92 Å². The van der Waals surface area contributed by atoms with Gasteiger partial charge in [-0.05, 0) is 31.0 Å². The van der Waals surface area contributed by atoms with Crippen LogP contribution in [0, 0.1) is 17.2 Å². The van der Waals surface area contributed by atoms with Crippen molar-refractivity contribution in [3.63, 3.8) is 0 Å². The molecule has 1 aliphatic heterocycles. The fraction of sp³-hybridized carbons (Fsp3) is 0.385. The van der Waals surface area contributed by atoms with Crippen LogP contribution in [0.1, 0.15) is 12.8 Å². The first kappa shape index (κ1) is 12.9. The molecule has 1 heterocycles. The first-order valence-electron chi connectivity index (χ1n) is 5.81. The van der Waals surface area contributed by atoms with Gasteiger partial charge in [-0.25, -0.2) is 4.79 Å². The van der Waals surface area contributed by atoms with Gasteiger partial charge in [0, 0.05) is 23.5 Å². The molecule has 1 aromatic carbocycles. The molecule has 0 bridgehead atoms. The Morgan fingerprint density at radius 1 is 1.44 bits per heavy atom. The molecule has 1 fully saturated rings. The molecule has 4 nitrogen and oxygen atoms in total. The highest BCUT2D eigenvalue weighted by Gasteiger charge is 2.23. The number of amides is 1. The Balaban J connectivity index is 1.91. The van der Waals surface area contributed by atoms with Gasteiger partial charge in [0.2, 0.25) is 0 Å². The van der Waals surface area contributed by atoms with E-state index in [4.69, 9.17) is 10.00 Å². The second-order valence-electron chi connectivity index (χ2n) is 4.22. The van der Waals surface area contributed by atoms with E-state index in [1.165, 1.54) is 0 Å². The topological polar surface area (TPSA) is 53.3 Å². The zero-order chi connectivity index (χ0) is 13.0. The van der Waals surface area contributed by atoms with Gasteiger partial charge in [-0.2, -0.15) is 5.26 Å². The smallest absolute Gasteiger partial charge is 0.410 e. The predicted octanol–water partition coefficient (Wildman–Crippen LogP) is 3.18. The second-order valence-corrected chi connectivity index (χ2v) is 5.13. The van der Waals surface area contributed by atoms with E-state index in [1.54, 1.807) is 17.0 Å². The van der Waals surface area contributed by atoms with Crippen molar-refractivity contribution >= 4 is 22.0 Å². The second kappa shape index (κ2) is 5.87. The minimum atomic E-state index is -0.343. The summed E-state index contributed by atoms with van der Waals surface area (Å²) in [5.41, 5.74) is 0. The minimum absolute atomic E-state index is 0.0694. The van der Waals surface area contributed by atoms with Gasteiger partial charge in [0.1, 0.15) is 5.75 Å². The van der Waals surface area contributed by atoms with Crippen LogP contribution in [0.3, 0.4) is 0 Å². The fourth-order valence-corrected chi connectivity index (χ4v) is 2.27. The lowest BCUT2D eigenvalue weighted by molar-refractivity contribution is 0.137. The summed E-state index contributed by atoms with van der Waals surface area (Å²) >= 11 is 3.32. The van der Waals surface area contributed by atoms with Crippen LogP contribution in [-0.2, 0) is 0 Å². The zero-order valence-electron chi connectivity index (χ0n) is 9.80. The van der Waals surface area contributed by atoms with Gasteiger partial charge in [-0.3, -0.25) is 0 Å². The highest BCUT2D eigenvalue weighted by molar-refractivity contribution is 9.10. The number of hydrogen-bond acceptors (Lipinski definition) is 3. The number of hydrogen-bond donors (Lipinski definition) is 0. The van der Waals surface area contributed by atoms with Crippen molar-refractivity contribution < 1.29 is 9.53 Å². The Morgan fingerprint density at radius 2 is 2.17 bits per heavy atom. The highest BCUT2D eigenvalue weighted by atomic mass is 79.9. The molecule has 1 aromatic rings. The molecule has 1 aliphatic rings. The molecule has 1 amide bonds. The average molecular weight is 309 g/mol. The Kier molecular flexibility index (Phi) is 4.21. The summed E-state index contributed by atoms with van der Waals surface area (Å²) in [5.74, 6) is 0.594. The number of halogens is 1. The number of piperidine rings is 1. The summed E-state index contributed by atoms with van der Waals surface area (Å²) in [5, 5.41) is 8.79. The molecule has 0 N–H and O–H groups in total. The van der Waals surface area contributed by atoms with Crippen molar-refractivity contribution in [1.82, 2.24) is 4.90 Å². The van der Waals surface area contributed by atoms with E-state index in [-0.39, 0.29) is 12.0 Å². The van der Waals surface area contributed by atoms with E-state index in [1.807, 2.05) is 12.1 Å². The third kappa shape index (κ3) is 3.23. The number of nitriles is 1. The summed E-state index contributed by atoms with van der Waals surface area (Å²) in [6.07, 6.45) is 1.11. The summed E-state index contributed by atoms with van der Waals surface area (Å²) in [4.78, 5) is 13.5. The highest BCUT2D eigenvalue weighted by Crippen LogP contribution is 2.20. The zero-order valence-corrected chi connectivity index (χ0v) is 11.4. The number of nitrogens with zero attached hydrogens (tertiary/aromatic N) is 2. The number of ether oxygens (including phenoxy) is 1. The number of likely N-dealkylation sites (tertiary alicyclic amines) is 1. The lowest BCUT2D eigenvalue weighted by Gasteiger charge is -2.28. The summed E-state index contributed by atoms with van der Waals surface area (Å²) in [7, 11) is 0. The van der Waals surface area contributed by atoms with E-state index in [9.17, 15) is 4.79 Å². The van der Waals surface area contributed by atoms with E-state index in [0.29, 0.717) is 18.8 Å². The normalized spacial score (nSPS) is 16.1. The summed E-state index contributed by atoms with van der Waals surface area (Å²) in [6, 6.07) is 9.41. The summed E-state index contributed by atoms with van der Waals surface area (Å²) in [6.45, 7) is 1.18. The van der Waals surface area contributed by atoms with Crippen molar-refractivity contribution in [2.75, 3.05) is 13.1 Å². The van der Waals surface area contributed by atoms with Gasteiger partial charge >= 0.3 is 6.09 Å². The lowest BCUT2D eigenvalue weighted by Crippen LogP contribution is -2.39. The first-order chi connectivity index (χ1) is 8.69. The molecule has 18 heavy (non-hydrogen) atoms. The molecule has 94 valence electrons. The van der Waals surface area contributed by atoms with Crippen LogP contribution in [-0.4, -0.2) is 24.1 Å². The Bertz CT molecular complexity index is 476. The maximum atomic E-state index is 11.9. The Morgan fingerprint density at radius 3 is 2.78 bits per heavy atom. The standard InChI is InChI=1S/C13H13BrN2O2/c14-11-2-1-3-12(8-11)18-13(17)16-6-4-10(9-15)5-7-16/h1-3,8,10H,4-7H2. The Hall–Kier alpha value is -1.54. The van der Waals surface area contributed by atoms with Crippen molar-refractivity contribution in [3.8, 4) is 11.8 Å². The van der Waals surface area contributed by atoms with Crippen molar-refractivity contribution in [3.05, 3.63) is 28.7 Å². The van der Waals surface area contributed by atoms with Crippen LogP contribution in [0.2, 0.25) is 0 Å². The largest absolute Gasteiger partial charge is 0.415 e. The molecule has 0 spiro atoms. The average Bonchev–Trinajstić information content (AvgIpc) is 2.39. The van der Waals surface area contributed by atoms with Gasteiger partial charge in [-0.15, -0.1) is 0 Å². The maximum absolute atomic E-state index is 11.9. The molecular formula is C13H13BrN2O2. The molecule has 0 aromatic heterocycles. The van der Waals surface area contributed by atoms with Gasteiger partial charge in [0.15, 0.2) is 0 Å². The van der Waals surface area contributed by atoms with Crippen LogP contribution >= 0.6 is 15.9 Å². The monoisotopic (exact) mass is 308 g/mol. The molecule has 5 heteroatoms.